The molecule has 0 aliphatic carbocycles. The zero-order valence-corrected chi connectivity index (χ0v) is 28.2. The Morgan fingerprint density at radius 2 is 0.976 bits per heavy atom. The van der Waals surface area contributed by atoms with Crippen molar-refractivity contribution in [2.24, 2.45) is 5.41 Å². The minimum Gasteiger partial charge on any atom is -0.461 e. The van der Waals surface area contributed by atoms with Gasteiger partial charge in [0.15, 0.2) is 5.41 Å². The number of carbonyl (C=O) groups is 2. The molecule has 0 N–H and O–H groups in total. The van der Waals surface area contributed by atoms with Crippen LogP contribution in [-0.2, 0) is 19.1 Å². The predicted octanol–water partition coefficient (Wildman–Crippen LogP) is 7.85. The molecule has 2 saturated heterocycles. The molecule has 0 aromatic rings. The number of likely N-dealkylation sites (tertiary alicyclic amines) is 2. The largest absolute Gasteiger partial charge is 0.461 e. The topological polar surface area (TPSA) is 59.1 Å². The lowest BCUT2D eigenvalue weighted by Crippen LogP contribution is -2.63. The number of hydrogen-bond acceptors (Lipinski definition) is 6. The van der Waals surface area contributed by atoms with Crippen LogP contribution >= 0.6 is 0 Å². The molecular weight excluding hydrogens is 512 g/mol. The van der Waals surface area contributed by atoms with Gasteiger partial charge in [0.1, 0.15) is 12.2 Å². The van der Waals surface area contributed by atoms with E-state index in [1.165, 1.54) is 0 Å². The molecule has 0 aromatic heterocycles. The van der Waals surface area contributed by atoms with E-state index < -0.39 is 5.41 Å². The third-order valence-corrected chi connectivity index (χ3v) is 9.70. The van der Waals surface area contributed by atoms with Crippen LogP contribution in [0.15, 0.2) is 25.3 Å². The fourth-order valence-electron chi connectivity index (χ4n) is 7.97. The lowest BCUT2D eigenvalue weighted by Gasteiger charge is -2.55. The average Bonchev–Trinajstić information content (AvgIpc) is 2.82. The van der Waals surface area contributed by atoms with Gasteiger partial charge in [-0.3, -0.25) is 19.4 Å². The first-order chi connectivity index (χ1) is 18.9. The van der Waals surface area contributed by atoms with E-state index in [0.717, 1.165) is 38.8 Å². The summed E-state index contributed by atoms with van der Waals surface area (Å²) in [6, 6.07) is 0. The van der Waals surface area contributed by atoms with Gasteiger partial charge in [0.2, 0.25) is 0 Å². The Kier molecular flexibility index (Phi) is 11.9. The van der Waals surface area contributed by atoms with Gasteiger partial charge >= 0.3 is 11.9 Å². The lowest BCUT2D eigenvalue weighted by atomic mass is 9.76. The highest BCUT2D eigenvalue weighted by atomic mass is 16.6. The highest BCUT2D eigenvalue weighted by Crippen LogP contribution is 2.44. The maximum Gasteiger partial charge on any atom is 0.323 e. The zero-order valence-electron chi connectivity index (χ0n) is 28.2. The second-order valence-electron chi connectivity index (χ2n) is 15.2. The Bertz CT molecular complexity index is 809. The van der Waals surface area contributed by atoms with Crippen molar-refractivity contribution >= 4 is 11.9 Å². The first-order valence-electron chi connectivity index (χ1n) is 16.1. The number of esters is 2. The molecule has 0 unspecified atom stereocenters. The van der Waals surface area contributed by atoms with Gasteiger partial charge in [-0.05, 0) is 68.2 Å². The molecule has 2 heterocycles. The van der Waals surface area contributed by atoms with Gasteiger partial charge in [-0.15, -0.1) is 13.2 Å². The van der Waals surface area contributed by atoms with Crippen molar-refractivity contribution in [1.82, 2.24) is 9.80 Å². The van der Waals surface area contributed by atoms with Crippen LogP contribution in [0.2, 0.25) is 0 Å². The molecule has 0 amide bonds. The number of carbonyl (C=O) groups excluding carboxylic acids is 2. The summed E-state index contributed by atoms with van der Waals surface area (Å²) in [6.45, 7) is 31.3. The van der Waals surface area contributed by atoms with Gasteiger partial charge < -0.3 is 9.47 Å². The third-order valence-electron chi connectivity index (χ3n) is 9.70. The van der Waals surface area contributed by atoms with Crippen molar-refractivity contribution in [1.29, 1.82) is 0 Å². The number of unbranched alkanes of at least 4 members (excludes halogenated alkanes) is 2. The Balaban J connectivity index is 2.37. The van der Waals surface area contributed by atoms with Crippen LogP contribution < -0.4 is 0 Å². The molecule has 2 aliphatic heterocycles. The summed E-state index contributed by atoms with van der Waals surface area (Å²) in [5.74, 6) is -0.776. The van der Waals surface area contributed by atoms with Crippen molar-refractivity contribution in [3.05, 3.63) is 25.3 Å². The fourth-order valence-corrected chi connectivity index (χ4v) is 7.97. The van der Waals surface area contributed by atoms with E-state index >= 15 is 0 Å². The molecule has 41 heavy (non-hydrogen) atoms. The Hall–Kier alpha value is -1.66. The third kappa shape index (κ3) is 8.25. The highest BCUT2D eigenvalue weighted by Gasteiger charge is 2.53. The van der Waals surface area contributed by atoms with Crippen LogP contribution in [0.5, 0.6) is 0 Å². The second-order valence-corrected chi connectivity index (χ2v) is 15.2. The van der Waals surface area contributed by atoms with Gasteiger partial charge in [0, 0.05) is 60.9 Å². The molecule has 0 saturated carbocycles. The molecule has 2 aliphatic rings. The Morgan fingerprint density at radius 1 is 0.683 bits per heavy atom. The first kappa shape index (κ1) is 35.5. The minimum absolute atomic E-state index is 0.173. The summed E-state index contributed by atoms with van der Waals surface area (Å²) in [4.78, 5) is 33.4. The summed E-state index contributed by atoms with van der Waals surface area (Å²) in [7, 11) is 0. The minimum atomic E-state index is -1.27. The summed E-state index contributed by atoms with van der Waals surface area (Å²) in [5, 5.41) is 0. The van der Waals surface area contributed by atoms with Gasteiger partial charge in [0.05, 0.1) is 0 Å². The van der Waals surface area contributed by atoms with Crippen molar-refractivity contribution in [2.75, 3.05) is 13.1 Å². The van der Waals surface area contributed by atoms with Crippen LogP contribution in [0, 0.1) is 5.41 Å². The monoisotopic (exact) mass is 574 g/mol. The van der Waals surface area contributed by atoms with Gasteiger partial charge in [-0.1, -0.05) is 51.7 Å². The molecular formula is C35H62N2O4. The summed E-state index contributed by atoms with van der Waals surface area (Å²) < 4.78 is 12.8. The van der Waals surface area contributed by atoms with Crippen LogP contribution in [0.25, 0.3) is 0 Å². The van der Waals surface area contributed by atoms with E-state index in [9.17, 15) is 9.59 Å². The quantitative estimate of drug-likeness (QED) is 0.120. The SMILES string of the molecule is C=CCN1C(C)(C)CC(OC(=O)C(CCCC)(CCCC)C(=O)OC2CC(C)(C)N(CC=C)C(C)(C)C2)CC1(C)C. The lowest BCUT2D eigenvalue weighted by molar-refractivity contribution is -0.189. The van der Waals surface area contributed by atoms with E-state index in [-0.39, 0.29) is 46.3 Å². The summed E-state index contributed by atoms with van der Waals surface area (Å²) in [5.41, 5.74) is -1.97. The number of hydrogen-bond donors (Lipinski definition) is 0. The van der Waals surface area contributed by atoms with Crippen LogP contribution in [0.1, 0.15) is 133 Å². The smallest absolute Gasteiger partial charge is 0.323 e. The van der Waals surface area contributed by atoms with Crippen LogP contribution in [-0.4, -0.2) is 69.2 Å². The zero-order chi connectivity index (χ0) is 31.3. The maximum absolute atomic E-state index is 14.3. The second kappa shape index (κ2) is 13.8. The molecule has 6 nitrogen and oxygen atoms in total. The van der Waals surface area contributed by atoms with Gasteiger partial charge in [0.25, 0.3) is 0 Å². The predicted molar refractivity (Wildman–Crippen MR) is 170 cm³/mol. The van der Waals surface area contributed by atoms with Crippen molar-refractivity contribution in [3.8, 4) is 0 Å². The molecule has 2 fully saturated rings. The Labute approximate surface area is 252 Å². The van der Waals surface area contributed by atoms with E-state index in [1.807, 2.05) is 12.2 Å². The van der Waals surface area contributed by atoms with Crippen LogP contribution in [0.3, 0.4) is 0 Å². The molecule has 0 aromatic carbocycles. The summed E-state index contributed by atoms with van der Waals surface area (Å²) in [6.07, 6.45) is 10.5. The van der Waals surface area contributed by atoms with Crippen LogP contribution in [0.4, 0.5) is 0 Å². The number of ether oxygens (including phenoxy) is 2. The Morgan fingerprint density at radius 3 is 1.22 bits per heavy atom. The van der Waals surface area contributed by atoms with E-state index in [0.29, 0.717) is 38.5 Å². The van der Waals surface area contributed by atoms with E-state index in [4.69, 9.17) is 9.47 Å². The number of nitrogens with zero attached hydrogens (tertiary/aromatic N) is 2. The van der Waals surface area contributed by atoms with Crippen molar-refractivity contribution < 1.29 is 19.1 Å². The maximum atomic E-state index is 14.3. The van der Waals surface area contributed by atoms with Gasteiger partial charge in [-0.25, -0.2) is 0 Å². The molecule has 0 atom stereocenters. The van der Waals surface area contributed by atoms with Gasteiger partial charge in [-0.2, -0.15) is 0 Å². The van der Waals surface area contributed by atoms with E-state index in [1.54, 1.807) is 0 Å². The number of piperidine rings is 2. The standard InChI is InChI=1S/C35H62N2O4/c1-13-17-19-35(20-18-14-2,29(38)40-27-23-31(5,6)36(21-15-3)32(7,8)24-27)30(39)41-28-25-33(9,10)37(22-16-4)34(11,12)26-28/h15-16,27-28H,3-4,13-14,17-26H2,1-2,5-12H3. The first-order valence-corrected chi connectivity index (χ1v) is 16.1. The highest BCUT2D eigenvalue weighted by molar-refractivity contribution is 6.00. The summed E-state index contributed by atoms with van der Waals surface area (Å²) >= 11 is 0. The van der Waals surface area contributed by atoms with Crippen molar-refractivity contribution in [2.45, 2.75) is 168 Å². The molecule has 236 valence electrons. The number of rotatable bonds is 14. The molecule has 0 bridgehead atoms. The molecule has 6 heteroatoms. The van der Waals surface area contributed by atoms with Crippen molar-refractivity contribution in [3.63, 3.8) is 0 Å². The molecule has 0 radical (unpaired) electrons. The normalized spacial score (nSPS) is 23.1. The average molecular weight is 575 g/mol. The fraction of sp³-hybridized carbons (Fsp3) is 0.829. The molecule has 2 rings (SSSR count). The van der Waals surface area contributed by atoms with E-state index in [2.05, 4.69) is 92.2 Å². The molecule has 0 spiro atoms.